The van der Waals surface area contributed by atoms with E-state index in [1.807, 2.05) is 0 Å². The van der Waals surface area contributed by atoms with Gasteiger partial charge in [-0.15, -0.1) is 39.7 Å². The average molecular weight is 769 g/mol. The molecular weight excluding hydrogens is 715 g/mol. The molecule has 5 aromatic carbocycles. The second-order valence-electron chi connectivity index (χ2n) is 16.3. The van der Waals surface area contributed by atoms with E-state index in [1.54, 1.807) is 0 Å². The molecule has 49 heavy (non-hydrogen) atoms. The second kappa shape index (κ2) is 17.7. The van der Waals surface area contributed by atoms with Crippen molar-refractivity contribution in [2.24, 2.45) is 17.3 Å². The Labute approximate surface area is 325 Å². The van der Waals surface area contributed by atoms with E-state index in [0.29, 0.717) is 11.8 Å². The summed E-state index contributed by atoms with van der Waals surface area (Å²) >= 11 is 1.46. The van der Waals surface area contributed by atoms with Crippen molar-refractivity contribution in [3.8, 4) is 0 Å². The van der Waals surface area contributed by atoms with Crippen molar-refractivity contribution in [2.45, 2.75) is 87.0 Å². The van der Waals surface area contributed by atoms with Gasteiger partial charge in [-0.1, -0.05) is 129 Å². The molecule has 0 aromatic heterocycles. The van der Waals surface area contributed by atoms with Crippen molar-refractivity contribution in [1.29, 1.82) is 0 Å². The molecule has 1 aliphatic rings. The van der Waals surface area contributed by atoms with E-state index in [2.05, 4.69) is 198 Å². The van der Waals surface area contributed by atoms with Crippen molar-refractivity contribution >= 4 is 24.8 Å². The summed E-state index contributed by atoms with van der Waals surface area (Å²) in [5.41, 5.74) is 7.58. The summed E-state index contributed by atoms with van der Waals surface area (Å²) in [7, 11) is 0. The van der Waals surface area contributed by atoms with Gasteiger partial charge in [0.25, 0.3) is 0 Å². The van der Waals surface area contributed by atoms with Crippen molar-refractivity contribution in [3.63, 3.8) is 0 Å². The molecule has 258 valence electrons. The molecular formula is C46H54Cl2Zr-2. The summed E-state index contributed by atoms with van der Waals surface area (Å²) in [5.74, 6) is 1.22. The SMILES string of the molecule is CC(C)(C)c1ccc2[cH-]c3ccc(C(C)(C)C)cc3c2c1.CC(C)C1[C-]=CC(C(C)(C)C)=C1.[Cl-].[Cl-].[Zr+2]=[C](c1ccccc1)c1ccccc1. The summed E-state index contributed by atoms with van der Waals surface area (Å²) in [4.78, 5) is 0. The number of benzene rings is 4. The Morgan fingerprint density at radius 2 is 1.02 bits per heavy atom. The normalized spacial score (nSPS) is 14.2. The number of rotatable bonds is 3. The zero-order chi connectivity index (χ0) is 34.6. The fourth-order valence-electron chi connectivity index (χ4n) is 5.63. The Hall–Kier alpha value is -2.44. The first kappa shape index (κ1) is 42.7. The molecule has 6 rings (SSSR count). The average Bonchev–Trinajstić information content (AvgIpc) is 3.67. The molecule has 1 atom stereocenters. The molecule has 0 saturated carbocycles. The number of halogens is 2. The van der Waals surface area contributed by atoms with Crippen LogP contribution in [-0.2, 0) is 35.1 Å². The Morgan fingerprint density at radius 3 is 1.33 bits per heavy atom. The number of allylic oxidation sites excluding steroid dienone is 4. The summed E-state index contributed by atoms with van der Waals surface area (Å²) < 4.78 is 1.42. The van der Waals surface area contributed by atoms with Gasteiger partial charge in [-0.2, -0.15) is 11.6 Å². The van der Waals surface area contributed by atoms with Crippen LogP contribution in [0.5, 0.6) is 0 Å². The van der Waals surface area contributed by atoms with E-state index in [0.717, 1.165) is 0 Å². The van der Waals surface area contributed by atoms with Crippen molar-refractivity contribution in [2.75, 3.05) is 0 Å². The molecule has 0 amide bonds. The Morgan fingerprint density at radius 1 is 0.612 bits per heavy atom. The first-order valence-corrected chi connectivity index (χ1v) is 18.3. The van der Waals surface area contributed by atoms with Crippen LogP contribution in [0.1, 0.15) is 98.4 Å². The summed E-state index contributed by atoms with van der Waals surface area (Å²) in [5, 5.41) is 5.49. The van der Waals surface area contributed by atoms with Gasteiger partial charge in [0.05, 0.1) is 0 Å². The monoisotopic (exact) mass is 766 g/mol. The van der Waals surface area contributed by atoms with E-state index in [1.165, 1.54) is 76.8 Å². The third-order valence-corrected chi connectivity index (χ3v) is 10.4. The molecule has 0 bridgehead atoms. The molecule has 0 spiro atoms. The van der Waals surface area contributed by atoms with E-state index < -0.39 is 0 Å². The van der Waals surface area contributed by atoms with Crippen LogP contribution in [0.2, 0.25) is 0 Å². The van der Waals surface area contributed by atoms with Gasteiger partial charge in [-0.3, -0.25) is 6.08 Å². The molecule has 0 aliphatic heterocycles. The van der Waals surface area contributed by atoms with E-state index in [4.69, 9.17) is 0 Å². The Kier molecular flexibility index (Phi) is 15.4. The molecule has 1 aliphatic carbocycles. The molecule has 0 saturated heterocycles. The van der Waals surface area contributed by atoms with Crippen LogP contribution in [0.4, 0.5) is 0 Å². The van der Waals surface area contributed by atoms with Crippen LogP contribution in [0.3, 0.4) is 0 Å². The molecule has 0 heterocycles. The molecule has 3 heteroatoms. The minimum atomic E-state index is 0. The van der Waals surface area contributed by atoms with Gasteiger partial charge in [-0.05, 0) is 10.8 Å². The van der Waals surface area contributed by atoms with Gasteiger partial charge in [0.2, 0.25) is 0 Å². The Bertz CT molecular complexity index is 1740. The predicted octanol–water partition coefficient (Wildman–Crippen LogP) is 6.72. The number of hydrogen-bond acceptors (Lipinski definition) is 0. The summed E-state index contributed by atoms with van der Waals surface area (Å²) in [6.07, 6.45) is 7.90. The van der Waals surface area contributed by atoms with E-state index >= 15 is 0 Å². The standard InChI is InChI=1S/C21H25.C13H10.C12H19.2ClH.Zr/c1-20(2,3)16-9-7-14-11-15-8-10-17(21(4,5)6)13-19(15)18(14)12-16;1-3-7-12(8-4-1)11-13-9-5-2-6-10-13;1-9(2)10-6-7-11(8-10)12(3,4)5;;;/h7-13H,1-6H3;1-10H;7-10H,1-5H3;2*1H;/q-1;;-1;;;+2/p-2. The molecule has 5 aromatic rings. The van der Waals surface area contributed by atoms with Gasteiger partial charge < -0.3 is 24.8 Å². The zero-order valence-corrected chi connectivity index (χ0v) is 35.4. The molecule has 1 unspecified atom stereocenters. The number of fused-ring (bicyclic) bond motifs is 3. The van der Waals surface area contributed by atoms with Gasteiger partial charge >= 0.3 is 99.2 Å². The van der Waals surface area contributed by atoms with Gasteiger partial charge in [0.1, 0.15) is 0 Å². The van der Waals surface area contributed by atoms with Crippen LogP contribution >= 0.6 is 0 Å². The van der Waals surface area contributed by atoms with Crippen LogP contribution in [0.25, 0.3) is 21.5 Å². The maximum absolute atomic E-state index is 3.40. The summed E-state index contributed by atoms with van der Waals surface area (Å²) in [6, 6.07) is 37.3. The number of hydrogen-bond donors (Lipinski definition) is 0. The third-order valence-electron chi connectivity index (χ3n) is 8.94. The van der Waals surface area contributed by atoms with E-state index in [9.17, 15) is 0 Å². The summed E-state index contributed by atoms with van der Waals surface area (Å²) in [6.45, 7) is 24.9. The molecule has 0 radical (unpaired) electrons. The minimum absolute atomic E-state index is 0. The van der Waals surface area contributed by atoms with Crippen LogP contribution in [0.15, 0.2) is 121 Å². The van der Waals surface area contributed by atoms with Crippen LogP contribution in [0, 0.1) is 23.3 Å². The van der Waals surface area contributed by atoms with Crippen LogP contribution < -0.4 is 24.8 Å². The van der Waals surface area contributed by atoms with Crippen LogP contribution in [-0.4, -0.2) is 3.21 Å². The first-order valence-electron chi connectivity index (χ1n) is 17.1. The molecule has 0 N–H and O–H groups in total. The predicted molar refractivity (Wildman–Crippen MR) is 204 cm³/mol. The van der Waals surface area contributed by atoms with Crippen molar-refractivity contribution < 1.29 is 49.0 Å². The molecule has 0 fully saturated rings. The zero-order valence-electron chi connectivity index (χ0n) is 31.4. The third kappa shape index (κ3) is 11.5. The first-order chi connectivity index (χ1) is 21.9. The second-order valence-corrected chi connectivity index (χ2v) is 17.5. The van der Waals surface area contributed by atoms with Crippen molar-refractivity contribution in [1.82, 2.24) is 0 Å². The van der Waals surface area contributed by atoms with Gasteiger partial charge in [-0.25, -0.2) is 6.08 Å². The van der Waals surface area contributed by atoms with Crippen molar-refractivity contribution in [3.05, 3.63) is 149 Å². The van der Waals surface area contributed by atoms with Gasteiger partial charge in [0, 0.05) is 0 Å². The fourth-order valence-corrected chi connectivity index (χ4v) is 6.45. The molecule has 0 nitrogen and oxygen atoms in total. The van der Waals surface area contributed by atoms with E-state index in [-0.39, 0.29) is 41.1 Å². The topological polar surface area (TPSA) is 0 Å². The quantitative estimate of drug-likeness (QED) is 0.179. The Balaban J connectivity index is 0.000000262. The maximum atomic E-state index is 3.40. The fraction of sp³-hybridized carbons (Fsp3) is 0.348. The van der Waals surface area contributed by atoms with Gasteiger partial charge in [0.15, 0.2) is 0 Å².